The number of carbonyl (C=O) groups is 2. The quantitative estimate of drug-likeness (QED) is 0.275. The van der Waals surface area contributed by atoms with Crippen LogP contribution in [-0.4, -0.2) is 36.3 Å². The van der Waals surface area contributed by atoms with Gasteiger partial charge in [-0.15, -0.1) is 0 Å². The highest BCUT2D eigenvalue weighted by atomic mass is 16.5. The van der Waals surface area contributed by atoms with E-state index in [4.69, 9.17) is 15.9 Å². The molecule has 1 aromatic heterocycles. The maximum absolute atomic E-state index is 12.8. The molecule has 0 unspecified atom stereocenters. The van der Waals surface area contributed by atoms with Crippen LogP contribution in [0, 0.1) is 11.3 Å². The lowest BCUT2D eigenvalue weighted by Gasteiger charge is -2.23. The van der Waals surface area contributed by atoms with Crippen molar-refractivity contribution < 1.29 is 24.8 Å². The van der Waals surface area contributed by atoms with Gasteiger partial charge in [-0.05, 0) is 48.2 Å². The number of nitrogen functional groups attached to an aromatic ring is 1. The van der Waals surface area contributed by atoms with Gasteiger partial charge in [-0.1, -0.05) is 30.3 Å². The summed E-state index contributed by atoms with van der Waals surface area (Å²) < 4.78 is 4.98. The monoisotopic (exact) mass is 448 g/mol. The van der Waals surface area contributed by atoms with Crippen LogP contribution >= 0.6 is 0 Å². The molecule has 0 saturated heterocycles. The van der Waals surface area contributed by atoms with E-state index in [1.54, 1.807) is 37.3 Å². The van der Waals surface area contributed by atoms with Crippen LogP contribution in [0.2, 0.25) is 0 Å². The van der Waals surface area contributed by atoms with Crippen LogP contribution in [0.1, 0.15) is 28.4 Å². The Labute approximate surface area is 192 Å². The zero-order chi connectivity index (χ0) is 23.1. The van der Waals surface area contributed by atoms with Gasteiger partial charge in [0.2, 0.25) is 0 Å². The van der Waals surface area contributed by atoms with Gasteiger partial charge < -0.3 is 21.3 Å². The summed E-state index contributed by atoms with van der Waals surface area (Å²) in [6.07, 6.45) is 4.03. The number of aromatic amines is 1. The first kappa shape index (κ1) is 25.2. The van der Waals surface area contributed by atoms with Crippen LogP contribution < -0.4 is 16.0 Å². The summed E-state index contributed by atoms with van der Waals surface area (Å²) in [7, 11) is 1.33. The summed E-state index contributed by atoms with van der Waals surface area (Å²) in [6, 6.07) is 17.9. The summed E-state index contributed by atoms with van der Waals surface area (Å²) in [5, 5.41) is 10.5. The van der Waals surface area contributed by atoms with Crippen molar-refractivity contribution in [3.8, 4) is 11.1 Å². The van der Waals surface area contributed by atoms with Crippen molar-refractivity contribution in [1.29, 1.82) is 5.41 Å². The van der Waals surface area contributed by atoms with Crippen LogP contribution in [-0.2, 0) is 16.0 Å². The van der Waals surface area contributed by atoms with Crippen molar-refractivity contribution in [2.75, 3.05) is 7.11 Å². The lowest BCUT2D eigenvalue weighted by atomic mass is 9.92. The van der Waals surface area contributed by atoms with E-state index in [0.29, 0.717) is 17.5 Å². The first-order valence-corrected chi connectivity index (χ1v) is 10.3. The molecule has 1 heterocycles. The van der Waals surface area contributed by atoms with Gasteiger partial charge in [-0.2, -0.15) is 0 Å². The number of ether oxygens (including phenoxy) is 1. The van der Waals surface area contributed by atoms with Gasteiger partial charge in [0, 0.05) is 29.3 Å². The number of nitrogens with two attached hydrogens (primary N) is 1. The summed E-state index contributed by atoms with van der Waals surface area (Å²) in [4.78, 5) is 28.2. The molecule has 6 N–H and O–H groups in total. The van der Waals surface area contributed by atoms with Crippen LogP contribution in [0.15, 0.2) is 73.1 Å². The minimum atomic E-state index is -0.592. The molecule has 0 radical (unpaired) electrons. The second-order valence-electron chi connectivity index (χ2n) is 7.58. The Morgan fingerprint density at radius 2 is 1.67 bits per heavy atom. The average Bonchev–Trinajstić information content (AvgIpc) is 2.82. The Morgan fingerprint density at radius 3 is 2.27 bits per heavy atom. The van der Waals surface area contributed by atoms with E-state index in [2.05, 4.69) is 10.3 Å². The van der Waals surface area contributed by atoms with Gasteiger partial charge in [-0.25, -0.2) is 4.98 Å². The third-order valence-electron chi connectivity index (χ3n) is 5.36. The highest BCUT2D eigenvalue weighted by Gasteiger charge is 2.28. The van der Waals surface area contributed by atoms with Crippen molar-refractivity contribution in [3.63, 3.8) is 0 Å². The molecule has 0 aliphatic rings. The standard InChI is InChI=1S/C25H26N4O3.H2O/c1-16(22(25(31)32-2)15-17-4-3-5-21(14-17)23(26)27)29-24(30)20-8-6-18(7-9-20)19-10-12-28-13-11-19;/h3-14,16,22H,15H2,1-2H3,(H3,26,27)(H,29,30);1H2/t16-,22-;/m1./s1. The molecule has 0 fully saturated rings. The number of pyridine rings is 1. The smallest absolute Gasteiger partial charge is 0.311 e. The predicted octanol–water partition coefficient (Wildman–Crippen LogP) is 2.43. The molecule has 33 heavy (non-hydrogen) atoms. The molecule has 0 saturated carbocycles. The zero-order valence-corrected chi connectivity index (χ0v) is 18.5. The fourth-order valence-corrected chi connectivity index (χ4v) is 3.52. The third kappa shape index (κ3) is 6.47. The fraction of sp³-hybridized carbons (Fsp3) is 0.200. The van der Waals surface area contributed by atoms with Crippen molar-refractivity contribution in [3.05, 3.63) is 89.7 Å². The number of hydrogen-bond acceptors (Lipinski definition) is 5. The fourth-order valence-electron chi connectivity index (χ4n) is 3.52. The molecule has 2 aromatic carbocycles. The topological polar surface area (TPSA) is 149 Å². The van der Waals surface area contributed by atoms with Gasteiger partial charge in [0.1, 0.15) is 5.84 Å². The molecular formula is C25H28N4O4. The summed E-state index contributed by atoms with van der Waals surface area (Å²) >= 11 is 0. The van der Waals surface area contributed by atoms with Gasteiger partial charge in [0.05, 0.1) is 13.0 Å². The Kier molecular flexibility index (Phi) is 8.82. The average molecular weight is 449 g/mol. The predicted molar refractivity (Wildman–Crippen MR) is 124 cm³/mol. The molecular weight excluding hydrogens is 420 g/mol. The third-order valence-corrected chi connectivity index (χ3v) is 5.36. The summed E-state index contributed by atoms with van der Waals surface area (Å²) in [5.41, 5.74) is 9.54. The van der Waals surface area contributed by atoms with Crippen molar-refractivity contribution in [2.45, 2.75) is 19.4 Å². The Balaban J connectivity index is 0.00000385. The van der Waals surface area contributed by atoms with Crippen molar-refractivity contribution >= 4 is 17.7 Å². The number of rotatable bonds is 8. The number of hydrogen-bond donors (Lipinski definition) is 3. The number of amidine groups is 1. The molecule has 172 valence electrons. The maximum Gasteiger partial charge on any atom is 0.311 e. The molecule has 3 aromatic rings. The van der Waals surface area contributed by atoms with E-state index in [1.165, 1.54) is 7.11 Å². The van der Waals surface area contributed by atoms with E-state index in [9.17, 15) is 9.59 Å². The molecule has 8 nitrogen and oxygen atoms in total. The van der Waals surface area contributed by atoms with Crippen molar-refractivity contribution in [2.24, 2.45) is 11.7 Å². The molecule has 0 aliphatic carbocycles. The van der Waals surface area contributed by atoms with E-state index >= 15 is 0 Å². The summed E-state index contributed by atoms with van der Waals surface area (Å²) in [6.45, 7) is 1.78. The first-order chi connectivity index (χ1) is 15.4. The van der Waals surface area contributed by atoms with E-state index in [-0.39, 0.29) is 17.2 Å². The number of aromatic nitrogens is 1. The zero-order valence-electron chi connectivity index (χ0n) is 18.5. The number of nitrogens with one attached hydrogen (secondary N) is 3. The van der Waals surface area contributed by atoms with Gasteiger partial charge in [0.25, 0.3) is 5.91 Å². The molecule has 3 rings (SSSR count). The van der Waals surface area contributed by atoms with Crippen LogP contribution in [0.25, 0.3) is 11.1 Å². The molecule has 1 amide bonds. The van der Waals surface area contributed by atoms with Gasteiger partial charge in [0.15, 0.2) is 12.4 Å². The minimum Gasteiger partial charge on any atom is -0.870 e. The summed E-state index contributed by atoms with van der Waals surface area (Å²) in [5.74, 6) is -1.31. The lowest BCUT2D eigenvalue weighted by Crippen LogP contribution is -2.42. The normalized spacial score (nSPS) is 12.1. The molecule has 0 spiro atoms. The number of carbonyl (C=O) groups excluding carboxylic acids is 2. The Morgan fingerprint density at radius 1 is 1.03 bits per heavy atom. The minimum absolute atomic E-state index is 0. The van der Waals surface area contributed by atoms with Crippen molar-refractivity contribution in [1.82, 2.24) is 5.32 Å². The highest BCUT2D eigenvalue weighted by molar-refractivity contribution is 5.95. The Hall–Kier alpha value is -4.04. The number of H-pyrrole nitrogens is 1. The number of methoxy groups -OCH3 is 1. The first-order valence-electron chi connectivity index (χ1n) is 10.3. The second-order valence-corrected chi connectivity index (χ2v) is 7.58. The molecule has 2 atom stereocenters. The Bertz CT molecular complexity index is 1100. The van der Waals surface area contributed by atoms with Gasteiger partial charge >= 0.3 is 5.97 Å². The van der Waals surface area contributed by atoms with Crippen LogP contribution in [0.5, 0.6) is 0 Å². The number of benzene rings is 2. The van der Waals surface area contributed by atoms with E-state index in [0.717, 1.165) is 16.7 Å². The maximum atomic E-state index is 12.8. The molecule has 0 bridgehead atoms. The lowest BCUT2D eigenvalue weighted by molar-refractivity contribution is -0.377. The van der Waals surface area contributed by atoms with Crippen LogP contribution in [0.3, 0.4) is 0 Å². The van der Waals surface area contributed by atoms with E-state index < -0.39 is 17.9 Å². The SMILES string of the molecule is COC(=O)[C@H](Cc1cccc(C(=N)N)c1)[C@@H](C)NC(=O)c1ccc(-c2cc[nH+]cc2)cc1.[OH-]. The highest BCUT2D eigenvalue weighted by Crippen LogP contribution is 2.19. The molecule has 0 aliphatic heterocycles. The van der Waals surface area contributed by atoms with Gasteiger partial charge in [-0.3, -0.25) is 15.0 Å². The van der Waals surface area contributed by atoms with Crippen LogP contribution in [0.4, 0.5) is 0 Å². The second kappa shape index (κ2) is 11.5. The number of esters is 1. The molecule has 8 heteroatoms. The number of amides is 1. The van der Waals surface area contributed by atoms with E-state index in [1.807, 2.05) is 42.7 Å². The largest absolute Gasteiger partial charge is 0.870 e.